The van der Waals surface area contributed by atoms with E-state index in [0.717, 1.165) is 23.7 Å². The standard InChI is InChI=1S/C13H20FNOS/c1-10(2)5-6-16-7-8-17-13-4-3-11(14)9-12(13)15/h3-4,9-10H,5-8,15H2,1-2H3. The quantitative estimate of drug-likeness (QED) is 0.461. The van der Waals surface area contributed by atoms with E-state index in [-0.39, 0.29) is 5.82 Å². The Morgan fingerprint density at radius 2 is 2.12 bits per heavy atom. The minimum Gasteiger partial charge on any atom is -0.398 e. The predicted octanol–water partition coefficient (Wildman–Crippen LogP) is 3.56. The minimum absolute atomic E-state index is 0.292. The normalized spacial score (nSPS) is 11.1. The van der Waals surface area contributed by atoms with Gasteiger partial charge in [-0.1, -0.05) is 13.8 Å². The van der Waals surface area contributed by atoms with Gasteiger partial charge in [0.05, 0.1) is 6.61 Å². The van der Waals surface area contributed by atoms with Crippen molar-refractivity contribution in [2.45, 2.75) is 25.2 Å². The van der Waals surface area contributed by atoms with E-state index >= 15 is 0 Å². The maximum Gasteiger partial charge on any atom is 0.125 e. The van der Waals surface area contributed by atoms with Gasteiger partial charge in [-0.3, -0.25) is 0 Å². The molecule has 0 spiro atoms. The first-order chi connectivity index (χ1) is 8.09. The van der Waals surface area contributed by atoms with E-state index in [4.69, 9.17) is 10.5 Å². The summed E-state index contributed by atoms with van der Waals surface area (Å²) in [5.74, 6) is 1.23. The number of thioether (sulfide) groups is 1. The molecule has 0 aliphatic carbocycles. The lowest BCUT2D eigenvalue weighted by Crippen LogP contribution is -2.02. The van der Waals surface area contributed by atoms with Crippen LogP contribution in [0.5, 0.6) is 0 Å². The van der Waals surface area contributed by atoms with Crippen molar-refractivity contribution in [2.24, 2.45) is 5.92 Å². The molecule has 2 N–H and O–H groups in total. The number of rotatable bonds is 7. The van der Waals surface area contributed by atoms with Crippen LogP contribution in [0.3, 0.4) is 0 Å². The van der Waals surface area contributed by atoms with E-state index in [0.29, 0.717) is 18.2 Å². The Balaban J connectivity index is 2.18. The van der Waals surface area contributed by atoms with Crippen LogP contribution in [-0.4, -0.2) is 19.0 Å². The average Bonchev–Trinajstić information content (AvgIpc) is 2.25. The van der Waals surface area contributed by atoms with Crippen molar-refractivity contribution in [1.82, 2.24) is 0 Å². The first-order valence-corrected chi connectivity index (χ1v) is 6.83. The number of ether oxygens (including phenoxy) is 1. The van der Waals surface area contributed by atoms with Crippen LogP contribution in [0.25, 0.3) is 0 Å². The highest BCUT2D eigenvalue weighted by molar-refractivity contribution is 7.99. The van der Waals surface area contributed by atoms with Crippen LogP contribution in [0.15, 0.2) is 23.1 Å². The summed E-state index contributed by atoms with van der Waals surface area (Å²) in [5.41, 5.74) is 6.20. The molecule has 0 radical (unpaired) electrons. The van der Waals surface area contributed by atoms with Crippen molar-refractivity contribution in [1.29, 1.82) is 0 Å². The maximum absolute atomic E-state index is 12.8. The Kier molecular flexibility index (Phi) is 6.37. The van der Waals surface area contributed by atoms with Crippen LogP contribution in [0.4, 0.5) is 10.1 Å². The number of nitrogen functional groups attached to an aromatic ring is 1. The molecule has 0 heterocycles. The summed E-state index contributed by atoms with van der Waals surface area (Å²) in [4.78, 5) is 0.916. The monoisotopic (exact) mass is 257 g/mol. The first kappa shape index (κ1) is 14.3. The van der Waals surface area contributed by atoms with Gasteiger partial charge in [0.1, 0.15) is 5.82 Å². The van der Waals surface area contributed by atoms with Crippen molar-refractivity contribution in [3.8, 4) is 0 Å². The van der Waals surface area contributed by atoms with E-state index < -0.39 is 0 Å². The van der Waals surface area contributed by atoms with Gasteiger partial charge >= 0.3 is 0 Å². The van der Waals surface area contributed by atoms with Crippen molar-refractivity contribution in [3.05, 3.63) is 24.0 Å². The number of nitrogens with two attached hydrogens (primary N) is 1. The highest BCUT2D eigenvalue weighted by Crippen LogP contribution is 2.25. The fourth-order valence-corrected chi connectivity index (χ4v) is 2.09. The summed E-state index contributed by atoms with van der Waals surface area (Å²) in [6, 6.07) is 4.49. The second kappa shape index (κ2) is 7.56. The molecular weight excluding hydrogens is 237 g/mol. The Morgan fingerprint density at radius 1 is 1.35 bits per heavy atom. The van der Waals surface area contributed by atoms with E-state index in [2.05, 4.69) is 13.8 Å². The van der Waals surface area contributed by atoms with Crippen LogP contribution in [-0.2, 0) is 4.74 Å². The Bertz CT molecular complexity index is 344. The highest BCUT2D eigenvalue weighted by atomic mass is 32.2. The zero-order valence-electron chi connectivity index (χ0n) is 10.4. The Morgan fingerprint density at radius 3 is 2.76 bits per heavy atom. The lowest BCUT2D eigenvalue weighted by Gasteiger charge is -2.07. The van der Waals surface area contributed by atoms with Crippen LogP contribution in [0.2, 0.25) is 0 Å². The molecule has 0 fully saturated rings. The summed E-state index contributed by atoms with van der Waals surface area (Å²) >= 11 is 1.60. The van der Waals surface area contributed by atoms with Gasteiger partial charge in [-0.25, -0.2) is 4.39 Å². The summed E-state index contributed by atoms with van der Waals surface area (Å²) in [6.07, 6.45) is 1.09. The van der Waals surface area contributed by atoms with E-state index in [1.807, 2.05) is 0 Å². The molecular formula is C13H20FNOS. The fourth-order valence-electron chi connectivity index (χ4n) is 1.28. The number of anilines is 1. The summed E-state index contributed by atoms with van der Waals surface area (Å²) in [7, 11) is 0. The maximum atomic E-state index is 12.8. The van der Waals surface area contributed by atoms with Gasteiger partial charge in [0, 0.05) is 22.9 Å². The molecule has 0 aliphatic rings. The zero-order valence-corrected chi connectivity index (χ0v) is 11.2. The molecule has 4 heteroatoms. The second-order valence-electron chi connectivity index (χ2n) is 4.33. The number of hydrogen-bond acceptors (Lipinski definition) is 3. The lowest BCUT2D eigenvalue weighted by atomic mass is 10.1. The molecule has 0 bridgehead atoms. The SMILES string of the molecule is CC(C)CCOCCSc1ccc(F)cc1N. The smallest absolute Gasteiger partial charge is 0.125 e. The molecule has 1 aromatic rings. The van der Waals surface area contributed by atoms with E-state index in [9.17, 15) is 4.39 Å². The topological polar surface area (TPSA) is 35.2 Å². The second-order valence-corrected chi connectivity index (χ2v) is 5.46. The summed E-state index contributed by atoms with van der Waals surface area (Å²) in [6.45, 7) is 5.86. The molecule has 96 valence electrons. The fraction of sp³-hybridized carbons (Fsp3) is 0.538. The van der Waals surface area contributed by atoms with Gasteiger partial charge in [0.15, 0.2) is 0 Å². The lowest BCUT2D eigenvalue weighted by molar-refractivity contribution is 0.138. The van der Waals surface area contributed by atoms with Gasteiger partial charge in [-0.05, 0) is 30.5 Å². The van der Waals surface area contributed by atoms with Crippen LogP contribution >= 0.6 is 11.8 Å². The largest absolute Gasteiger partial charge is 0.398 e. The molecule has 0 unspecified atom stereocenters. The third kappa shape index (κ3) is 5.94. The van der Waals surface area contributed by atoms with Gasteiger partial charge in [-0.2, -0.15) is 0 Å². The van der Waals surface area contributed by atoms with E-state index in [1.54, 1.807) is 17.8 Å². The van der Waals surface area contributed by atoms with Crippen molar-refractivity contribution in [3.63, 3.8) is 0 Å². The van der Waals surface area contributed by atoms with Gasteiger partial charge in [0.2, 0.25) is 0 Å². The molecule has 0 saturated carbocycles. The third-order valence-corrected chi connectivity index (χ3v) is 3.35. The van der Waals surface area contributed by atoms with Crippen LogP contribution in [0, 0.1) is 11.7 Å². The molecule has 0 atom stereocenters. The van der Waals surface area contributed by atoms with Crippen molar-refractivity contribution >= 4 is 17.4 Å². The molecule has 0 aromatic heterocycles. The number of hydrogen-bond donors (Lipinski definition) is 1. The first-order valence-electron chi connectivity index (χ1n) is 5.85. The number of halogens is 1. The predicted molar refractivity (Wildman–Crippen MR) is 71.8 cm³/mol. The van der Waals surface area contributed by atoms with Crippen molar-refractivity contribution in [2.75, 3.05) is 24.7 Å². The molecule has 0 saturated heterocycles. The molecule has 0 amide bonds. The van der Waals surface area contributed by atoms with Crippen molar-refractivity contribution < 1.29 is 9.13 Å². The van der Waals surface area contributed by atoms with Crippen LogP contribution < -0.4 is 5.73 Å². The molecule has 0 aliphatic heterocycles. The van der Waals surface area contributed by atoms with Gasteiger partial charge < -0.3 is 10.5 Å². The van der Waals surface area contributed by atoms with Gasteiger partial charge in [-0.15, -0.1) is 11.8 Å². The molecule has 1 rings (SSSR count). The number of benzene rings is 1. The van der Waals surface area contributed by atoms with Gasteiger partial charge in [0.25, 0.3) is 0 Å². The minimum atomic E-state index is -0.292. The Hall–Kier alpha value is -0.740. The van der Waals surface area contributed by atoms with Crippen LogP contribution in [0.1, 0.15) is 20.3 Å². The molecule has 17 heavy (non-hydrogen) atoms. The van der Waals surface area contributed by atoms with E-state index in [1.165, 1.54) is 12.1 Å². The highest BCUT2D eigenvalue weighted by Gasteiger charge is 2.01. The average molecular weight is 257 g/mol. The Labute approximate surface area is 107 Å². The molecule has 2 nitrogen and oxygen atoms in total. The summed E-state index contributed by atoms with van der Waals surface area (Å²) < 4.78 is 18.3. The third-order valence-electron chi connectivity index (χ3n) is 2.30. The molecule has 1 aromatic carbocycles. The zero-order chi connectivity index (χ0) is 12.7. The summed E-state index contributed by atoms with van der Waals surface area (Å²) in [5, 5.41) is 0.